The van der Waals surface area contributed by atoms with Gasteiger partial charge in [-0.1, -0.05) is 73.1 Å². The molecule has 0 aromatic rings. The predicted molar refractivity (Wildman–Crippen MR) is 106 cm³/mol. The molecule has 0 aliphatic carbocycles. The normalized spacial score (nSPS) is 12.0. The maximum absolute atomic E-state index is 6.24. The van der Waals surface area contributed by atoms with Crippen LogP contribution in [0.5, 0.6) is 0 Å². The van der Waals surface area contributed by atoms with Crippen molar-refractivity contribution in [1.82, 2.24) is 0 Å². The first-order chi connectivity index (χ1) is 11.7. The highest BCUT2D eigenvalue weighted by molar-refractivity contribution is 4.61. The second kappa shape index (κ2) is 17.7. The van der Waals surface area contributed by atoms with Gasteiger partial charge in [-0.15, -0.1) is 0 Å². The minimum absolute atomic E-state index is 0.0176. The molecule has 0 aliphatic rings. The number of ether oxygens (including phenoxy) is 2. The van der Waals surface area contributed by atoms with Crippen molar-refractivity contribution in [3.05, 3.63) is 0 Å². The van der Waals surface area contributed by atoms with E-state index in [9.17, 15) is 0 Å². The van der Waals surface area contributed by atoms with Gasteiger partial charge in [0.25, 0.3) is 0 Å². The van der Waals surface area contributed by atoms with E-state index in [4.69, 9.17) is 9.47 Å². The standard InChI is InChI=1S/C22H46O2/c1-6-11-12-17-22(23-18-20(13-7-2)14-8-3)24-19-21(15-9-4)16-10-5/h20-22H,6-19H2,1-5H3. The molecule has 0 rings (SSSR count). The smallest absolute Gasteiger partial charge is 0.157 e. The number of unbranched alkanes of at least 4 members (excludes halogenated alkanes) is 2. The molecular formula is C22H46O2. The third-order valence-electron chi connectivity index (χ3n) is 4.87. The van der Waals surface area contributed by atoms with Gasteiger partial charge >= 0.3 is 0 Å². The molecule has 0 atom stereocenters. The van der Waals surface area contributed by atoms with Crippen LogP contribution in [-0.2, 0) is 9.47 Å². The Bertz CT molecular complexity index is 210. The molecule has 0 saturated carbocycles. The number of hydrogen-bond donors (Lipinski definition) is 0. The van der Waals surface area contributed by atoms with Gasteiger partial charge in [-0.3, -0.25) is 0 Å². The maximum atomic E-state index is 6.24. The van der Waals surface area contributed by atoms with Crippen molar-refractivity contribution < 1.29 is 9.47 Å². The summed E-state index contributed by atoms with van der Waals surface area (Å²) in [4.78, 5) is 0. The molecule has 0 radical (unpaired) electrons. The van der Waals surface area contributed by atoms with Crippen molar-refractivity contribution in [2.45, 2.75) is 118 Å². The fourth-order valence-electron chi connectivity index (χ4n) is 3.52. The summed E-state index contributed by atoms with van der Waals surface area (Å²) in [6, 6.07) is 0. The molecule has 0 aromatic heterocycles. The topological polar surface area (TPSA) is 18.5 Å². The van der Waals surface area contributed by atoms with Gasteiger partial charge in [-0.25, -0.2) is 0 Å². The van der Waals surface area contributed by atoms with Crippen molar-refractivity contribution >= 4 is 0 Å². The quantitative estimate of drug-likeness (QED) is 0.191. The van der Waals surface area contributed by atoms with Gasteiger partial charge in [0, 0.05) is 0 Å². The summed E-state index contributed by atoms with van der Waals surface area (Å²) in [5.41, 5.74) is 0. The van der Waals surface area contributed by atoms with Crippen LogP contribution in [0.4, 0.5) is 0 Å². The van der Waals surface area contributed by atoms with Gasteiger partial charge in [-0.2, -0.15) is 0 Å². The van der Waals surface area contributed by atoms with Crippen molar-refractivity contribution in [3.8, 4) is 0 Å². The van der Waals surface area contributed by atoms with Crippen molar-refractivity contribution in [2.24, 2.45) is 11.8 Å². The fourth-order valence-corrected chi connectivity index (χ4v) is 3.52. The predicted octanol–water partition coefficient (Wildman–Crippen LogP) is 7.36. The summed E-state index contributed by atoms with van der Waals surface area (Å²) in [5.74, 6) is 1.42. The minimum atomic E-state index is 0.0176. The Kier molecular flexibility index (Phi) is 17.7. The lowest BCUT2D eigenvalue weighted by Crippen LogP contribution is -2.24. The molecule has 0 fully saturated rings. The van der Waals surface area contributed by atoms with Crippen LogP contribution >= 0.6 is 0 Å². The molecule has 0 saturated heterocycles. The van der Waals surface area contributed by atoms with Crippen molar-refractivity contribution in [2.75, 3.05) is 13.2 Å². The fraction of sp³-hybridized carbons (Fsp3) is 1.00. The summed E-state index contributed by atoms with van der Waals surface area (Å²) in [5, 5.41) is 0. The van der Waals surface area contributed by atoms with E-state index >= 15 is 0 Å². The first kappa shape index (κ1) is 23.9. The van der Waals surface area contributed by atoms with E-state index in [2.05, 4.69) is 34.6 Å². The zero-order chi connectivity index (χ0) is 18.0. The van der Waals surface area contributed by atoms with Crippen LogP contribution in [0.3, 0.4) is 0 Å². The molecule has 0 bridgehead atoms. The summed E-state index contributed by atoms with van der Waals surface area (Å²) in [7, 11) is 0. The molecule has 0 aromatic carbocycles. The Labute approximate surface area is 153 Å². The van der Waals surface area contributed by atoms with Crippen LogP contribution in [0, 0.1) is 11.8 Å². The largest absolute Gasteiger partial charge is 0.352 e. The van der Waals surface area contributed by atoms with E-state index in [1.807, 2.05) is 0 Å². The molecular weight excluding hydrogens is 296 g/mol. The lowest BCUT2D eigenvalue weighted by Gasteiger charge is -2.25. The van der Waals surface area contributed by atoms with E-state index in [0.29, 0.717) is 11.8 Å². The minimum Gasteiger partial charge on any atom is -0.352 e. The van der Waals surface area contributed by atoms with E-state index < -0.39 is 0 Å². The molecule has 0 spiro atoms. The van der Waals surface area contributed by atoms with E-state index in [1.54, 1.807) is 0 Å². The Hall–Kier alpha value is -0.0800. The van der Waals surface area contributed by atoms with Crippen LogP contribution in [0.15, 0.2) is 0 Å². The monoisotopic (exact) mass is 342 g/mol. The highest BCUT2D eigenvalue weighted by Crippen LogP contribution is 2.19. The van der Waals surface area contributed by atoms with Crippen LogP contribution in [0.1, 0.15) is 112 Å². The second-order valence-electron chi connectivity index (χ2n) is 7.48. The molecule has 0 N–H and O–H groups in total. The van der Waals surface area contributed by atoms with Crippen LogP contribution in [0.25, 0.3) is 0 Å². The lowest BCUT2D eigenvalue weighted by atomic mass is 9.99. The Morgan fingerprint density at radius 1 is 0.500 bits per heavy atom. The molecule has 24 heavy (non-hydrogen) atoms. The third-order valence-corrected chi connectivity index (χ3v) is 4.87. The van der Waals surface area contributed by atoms with Gasteiger partial charge in [0.1, 0.15) is 0 Å². The van der Waals surface area contributed by atoms with Crippen LogP contribution in [-0.4, -0.2) is 19.5 Å². The molecule has 0 unspecified atom stereocenters. The zero-order valence-corrected chi connectivity index (χ0v) is 17.4. The molecule has 0 amide bonds. The molecule has 146 valence electrons. The SMILES string of the molecule is CCCCCC(OCC(CCC)CCC)OCC(CCC)CCC. The van der Waals surface area contributed by atoms with Gasteiger partial charge < -0.3 is 9.47 Å². The summed E-state index contributed by atoms with van der Waals surface area (Å²) < 4.78 is 12.5. The van der Waals surface area contributed by atoms with Gasteiger partial charge in [0.2, 0.25) is 0 Å². The Balaban J connectivity index is 4.37. The van der Waals surface area contributed by atoms with Crippen molar-refractivity contribution in [1.29, 1.82) is 0 Å². The Morgan fingerprint density at radius 3 is 1.25 bits per heavy atom. The van der Waals surface area contributed by atoms with Gasteiger partial charge in [0.05, 0.1) is 13.2 Å². The second-order valence-corrected chi connectivity index (χ2v) is 7.48. The van der Waals surface area contributed by atoms with Gasteiger partial charge in [0.15, 0.2) is 6.29 Å². The Morgan fingerprint density at radius 2 is 0.917 bits per heavy atom. The third kappa shape index (κ3) is 13.2. The van der Waals surface area contributed by atoms with Crippen LogP contribution < -0.4 is 0 Å². The number of rotatable bonds is 18. The summed E-state index contributed by atoms with van der Waals surface area (Å²) >= 11 is 0. The van der Waals surface area contributed by atoms with Gasteiger partial charge in [-0.05, 0) is 50.4 Å². The van der Waals surface area contributed by atoms with Crippen LogP contribution in [0.2, 0.25) is 0 Å². The zero-order valence-electron chi connectivity index (χ0n) is 17.4. The molecule has 2 nitrogen and oxygen atoms in total. The molecule has 0 aliphatic heterocycles. The first-order valence-corrected chi connectivity index (χ1v) is 10.9. The maximum Gasteiger partial charge on any atom is 0.157 e. The first-order valence-electron chi connectivity index (χ1n) is 10.9. The summed E-state index contributed by atoms with van der Waals surface area (Å²) in [6.07, 6.45) is 15.0. The molecule has 0 heterocycles. The average Bonchev–Trinajstić information content (AvgIpc) is 2.57. The average molecular weight is 343 g/mol. The van der Waals surface area contributed by atoms with E-state index in [1.165, 1.54) is 70.6 Å². The van der Waals surface area contributed by atoms with Crippen molar-refractivity contribution in [3.63, 3.8) is 0 Å². The highest BCUT2D eigenvalue weighted by atomic mass is 16.7. The lowest BCUT2D eigenvalue weighted by molar-refractivity contribution is -0.162. The van der Waals surface area contributed by atoms with E-state index in [0.717, 1.165) is 19.6 Å². The molecule has 2 heteroatoms. The summed E-state index contributed by atoms with van der Waals surface area (Å²) in [6.45, 7) is 13.1. The number of hydrogen-bond acceptors (Lipinski definition) is 2. The highest BCUT2D eigenvalue weighted by Gasteiger charge is 2.16. The van der Waals surface area contributed by atoms with E-state index in [-0.39, 0.29) is 6.29 Å².